The molecule has 0 fully saturated rings. The van der Waals surface area contributed by atoms with Crippen molar-refractivity contribution in [2.24, 2.45) is 0 Å². The Balaban J connectivity index is 2.25. The zero-order valence-corrected chi connectivity index (χ0v) is 14.6. The molecule has 2 aromatic rings. The van der Waals surface area contributed by atoms with Gasteiger partial charge < -0.3 is 4.90 Å². The van der Waals surface area contributed by atoms with E-state index in [1.807, 2.05) is 0 Å². The second-order valence-corrected chi connectivity index (χ2v) is 7.18. The lowest BCUT2D eigenvalue weighted by Crippen LogP contribution is -2.31. The Morgan fingerprint density at radius 3 is 2.40 bits per heavy atom. The molecule has 0 atom stereocenters. The third-order valence-corrected chi connectivity index (χ3v) is 5.07. The Hall–Kier alpha value is -2.51. The summed E-state index contributed by atoms with van der Waals surface area (Å²) in [7, 11) is -2.25. The number of carbonyl (C=O) groups is 1. The largest absolute Gasteiger partial charge is 0.331 e. The van der Waals surface area contributed by atoms with Crippen LogP contribution < -0.4 is 4.72 Å². The Kier molecular flexibility index (Phi) is 6.06. The third kappa shape index (κ3) is 4.52. The van der Waals surface area contributed by atoms with Crippen molar-refractivity contribution in [1.29, 1.82) is 0 Å². The first kappa shape index (κ1) is 18.8. The van der Waals surface area contributed by atoms with Crippen LogP contribution in [-0.4, -0.2) is 32.8 Å². The average Bonchev–Trinajstić information content (AvgIpc) is 2.62. The van der Waals surface area contributed by atoms with E-state index in [9.17, 15) is 17.6 Å². The van der Waals surface area contributed by atoms with E-state index in [0.29, 0.717) is 11.1 Å². The highest BCUT2D eigenvalue weighted by atomic mass is 32.2. The first-order chi connectivity index (χ1) is 11.9. The summed E-state index contributed by atoms with van der Waals surface area (Å²) in [4.78, 5) is 14.2. The van der Waals surface area contributed by atoms with Gasteiger partial charge in [0.1, 0.15) is 5.82 Å². The maximum atomic E-state index is 13.8. The zero-order chi connectivity index (χ0) is 18.4. The molecule has 0 aliphatic heterocycles. The molecule has 0 aliphatic rings. The monoisotopic (exact) mass is 362 g/mol. The maximum Gasteiger partial charge on any atom is 0.254 e. The number of sulfonamides is 1. The van der Waals surface area contributed by atoms with Crippen LogP contribution in [0, 0.1) is 5.82 Å². The first-order valence-electron chi connectivity index (χ1n) is 7.56. The van der Waals surface area contributed by atoms with Gasteiger partial charge in [-0.05, 0) is 37.4 Å². The van der Waals surface area contributed by atoms with E-state index in [1.54, 1.807) is 24.3 Å². The number of halogens is 1. The summed E-state index contributed by atoms with van der Waals surface area (Å²) in [6.45, 7) is 3.95. The van der Waals surface area contributed by atoms with E-state index in [2.05, 4.69) is 11.3 Å². The van der Waals surface area contributed by atoms with E-state index >= 15 is 0 Å². The van der Waals surface area contributed by atoms with Crippen LogP contribution >= 0.6 is 0 Å². The quantitative estimate of drug-likeness (QED) is 0.770. The summed E-state index contributed by atoms with van der Waals surface area (Å²) in [5.41, 5.74) is 0.709. The zero-order valence-electron chi connectivity index (χ0n) is 13.8. The van der Waals surface area contributed by atoms with Crippen molar-refractivity contribution in [3.05, 3.63) is 78.1 Å². The molecular weight excluding hydrogens is 343 g/mol. The maximum absolute atomic E-state index is 13.8. The van der Waals surface area contributed by atoms with Gasteiger partial charge in [0.2, 0.25) is 10.0 Å². The molecule has 0 bridgehead atoms. The van der Waals surface area contributed by atoms with Gasteiger partial charge in [-0.15, -0.1) is 6.58 Å². The lowest BCUT2D eigenvalue weighted by Gasteiger charge is -2.21. The molecule has 1 N–H and O–H groups in total. The SMILES string of the molecule is C=CCN(Cc1ccccc1F)C(=O)c1ccc(S(=O)(=O)NC)cc1. The molecule has 5 nitrogen and oxygen atoms in total. The van der Waals surface area contributed by atoms with Crippen LogP contribution in [0.25, 0.3) is 0 Å². The Bertz CT molecular complexity index is 864. The van der Waals surface area contributed by atoms with Crippen molar-refractivity contribution >= 4 is 15.9 Å². The molecule has 0 spiro atoms. The van der Waals surface area contributed by atoms with E-state index in [1.165, 1.54) is 42.3 Å². The van der Waals surface area contributed by atoms with Crippen LogP contribution in [0.3, 0.4) is 0 Å². The number of nitrogens with one attached hydrogen (secondary N) is 1. The molecule has 0 unspecified atom stereocenters. The number of hydrogen-bond acceptors (Lipinski definition) is 3. The van der Waals surface area contributed by atoms with Gasteiger partial charge in [0.25, 0.3) is 5.91 Å². The minimum absolute atomic E-state index is 0.0657. The number of rotatable bonds is 7. The summed E-state index contributed by atoms with van der Waals surface area (Å²) >= 11 is 0. The summed E-state index contributed by atoms with van der Waals surface area (Å²) in [5, 5.41) is 0. The molecule has 25 heavy (non-hydrogen) atoms. The van der Waals surface area contributed by atoms with Crippen molar-refractivity contribution < 1.29 is 17.6 Å². The molecule has 0 saturated carbocycles. The summed E-state index contributed by atoms with van der Waals surface area (Å²) in [5.74, 6) is -0.726. The second kappa shape index (κ2) is 8.04. The van der Waals surface area contributed by atoms with Crippen molar-refractivity contribution in [3.63, 3.8) is 0 Å². The number of benzene rings is 2. The van der Waals surface area contributed by atoms with Crippen LogP contribution in [0.5, 0.6) is 0 Å². The van der Waals surface area contributed by atoms with Gasteiger partial charge in [-0.2, -0.15) is 0 Å². The highest BCUT2D eigenvalue weighted by Crippen LogP contribution is 2.15. The van der Waals surface area contributed by atoms with Crippen LogP contribution in [0.15, 0.2) is 66.1 Å². The van der Waals surface area contributed by atoms with Gasteiger partial charge in [-0.1, -0.05) is 24.3 Å². The molecule has 0 saturated heterocycles. The van der Waals surface area contributed by atoms with Gasteiger partial charge in [0.05, 0.1) is 4.90 Å². The average molecular weight is 362 g/mol. The minimum atomic E-state index is -3.57. The molecule has 0 radical (unpaired) electrons. The van der Waals surface area contributed by atoms with Crippen molar-refractivity contribution in [2.75, 3.05) is 13.6 Å². The van der Waals surface area contributed by atoms with Gasteiger partial charge >= 0.3 is 0 Å². The van der Waals surface area contributed by atoms with E-state index < -0.39 is 10.0 Å². The molecule has 7 heteroatoms. The Morgan fingerprint density at radius 1 is 1.20 bits per heavy atom. The van der Waals surface area contributed by atoms with Crippen LogP contribution in [-0.2, 0) is 16.6 Å². The van der Waals surface area contributed by atoms with E-state index in [4.69, 9.17) is 0 Å². The predicted octanol–water partition coefficient (Wildman–Crippen LogP) is 2.56. The molecule has 2 rings (SSSR count). The predicted molar refractivity (Wildman–Crippen MR) is 94.0 cm³/mol. The summed E-state index contributed by atoms with van der Waals surface area (Å²) < 4.78 is 39.5. The fourth-order valence-electron chi connectivity index (χ4n) is 2.28. The number of amides is 1. The number of carbonyl (C=O) groups excluding carboxylic acids is 1. The van der Waals surface area contributed by atoms with Crippen LogP contribution in [0.4, 0.5) is 4.39 Å². The third-order valence-electron chi connectivity index (χ3n) is 3.64. The smallest absolute Gasteiger partial charge is 0.254 e. The van der Waals surface area contributed by atoms with Gasteiger partial charge in [-0.3, -0.25) is 4.79 Å². The van der Waals surface area contributed by atoms with Crippen molar-refractivity contribution in [3.8, 4) is 0 Å². The highest BCUT2D eigenvalue weighted by molar-refractivity contribution is 7.89. The second-order valence-electron chi connectivity index (χ2n) is 5.30. The summed E-state index contributed by atoms with van der Waals surface area (Å²) in [6, 6.07) is 11.8. The lowest BCUT2D eigenvalue weighted by molar-refractivity contribution is 0.0761. The number of hydrogen-bond donors (Lipinski definition) is 1. The standard InChI is InChI=1S/C18H19FN2O3S/c1-3-12-21(13-15-6-4-5-7-17(15)19)18(22)14-8-10-16(11-9-14)25(23,24)20-2/h3-11,20H,1,12-13H2,2H3. The van der Waals surface area contributed by atoms with Gasteiger partial charge in [0, 0.05) is 24.2 Å². The normalized spacial score (nSPS) is 11.1. The Labute approximate surface area is 146 Å². The molecule has 0 aromatic heterocycles. The molecule has 132 valence electrons. The van der Waals surface area contributed by atoms with E-state index in [-0.39, 0.29) is 29.7 Å². The van der Waals surface area contributed by atoms with Crippen LogP contribution in [0.1, 0.15) is 15.9 Å². The molecule has 0 heterocycles. The van der Waals surface area contributed by atoms with Gasteiger partial charge in [0.15, 0.2) is 0 Å². The van der Waals surface area contributed by atoms with Gasteiger partial charge in [-0.25, -0.2) is 17.5 Å². The number of nitrogens with zero attached hydrogens (tertiary/aromatic N) is 1. The van der Waals surface area contributed by atoms with Crippen LogP contribution in [0.2, 0.25) is 0 Å². The Morgan fingerprint density at radius 2 is 1.84 bits per heavy atom. The lowest BCUT2D eigenvalue weighted by atomic mass is 10.1. The van der Waals surface area contributed by atoms with Crippen molar-refractivity contribution in [1.82, 2.24) is 9.62 Å². The summed E-state index contributed by atoms with van der Waals surface area (Å²) in [6.07, 6.45) is 1.55. The fraction of sp³-hybridized carbons (Fsp3) is 0.167. The highest BCUT2D eigenvalue weighted by Gasteiger charge is 2.18. The molecule has 0 aliphatic carbocycles. The van der Waals surface area contributed by atoms with Crippen molar-refractivity contribution in [2.45, 2.75) is 11.4 Å². The fourth-order valence-corrected chi connectivity index (χ4v) is 3.01. The molecule has 1 amide bonds. The van der Waals surface area contributed by atoms with E-state index in [0.717, 1.165) is 0 Å². The molecule has 2 aromatic carbocycles. The molecular formula is C18H19FN2O3S. The first-order valence-corrected chi connectivity index (χ1v) is 9.04. The minimum Gasteiger partial charge on any atom is -0.331 e. The topological polar surface area (TPSA) is 66.5 Å².